The fourth-order valence-electron chi connectivity index (χ4n) is 2.51. The van der Waals surface area contributed by atoms with Crippen LogP contribution in [-0.2, 0) is 6.18 Å². The Morgan fingerprint density at radius 3 is 2.46 bits per heavy atom. The van der Waals surface area contributed by atoms with E-state index in [0.29, 0.717) is 24.3 Å². The smallest absolute Gasteiger partial charge is 0.355 e. The Morgan fingerprint density at radius 2 is 1.88 bits per heavy atom. The zero-order valence-corrected chi connectivity index (χ0v) is 15.3. The van der Waals surface area contributed by atoms with Crippen molar-refractivity contribution in [2.45, 2.75) is 24.3 Å². The van der Waals surface area contributed by atoms with Gasteiger partial charge in [-0.25, -0.2) is 0 Å². The number of thioether (sulfide) groups is 1. The predicted octanol–water partition coefficient (Wildman–Crippen LogP) is 2.50. The molecule has 1 aromatic rings. The molecule has 1 aromatic carbocycles. The Labute approximate surface area is 155 Å². The number of amides is 1. The van der Waals surface area contributed by atoms with Crippen molar-refractivity contribution in [3.8, 4) is 0 Å². The quantitative estimate of drug-likeness (QED) is 0.398. The molecule has 1 saturated heterocycles. The second kappa shape index (κ2) is 9.70. The topological polar surface area (TPSA) is 65.5 Å². The van der Waals surface area contributed by atoms with Gasteiger partial charge < -0.3 is 16.0 Å². The summed E-state index contributed by atoms with van der Waals surface area (Å²) < 4.78 is 37.5. The average Bonchev–Trinajstić information content (AvgIpc) is 3.14. The molecule has 0 bridgehead atoms. The minimum absolute atomic E-state index is 0.193. The molecular formula is C17H23F3N4OS. The maximum absolute atomic E-state index is 12.5. The van der Waals surface area contributed by atoms with E-state index in [9.17, 15) is 18.0 Å². The number of hydrogen-bond acceptors (Lipinski definition) is 3. The Hall–Kier alpha value is -1.90. The third-order valence-electron chi connectivity index (χ3n) is 3.92. The molecule has 1 fully saturated rings. The number of carbonyl (C=O) groups is 1. The molecule has 0 aliphatic carbocycles. The Morgan fingerprint density at radius 1 is 1.19 bits per heavy atom. The monoisotopic (exact) mass is 388 g/mol. The highest BCUT2D eigenvalue weighted by Crippen LogP contribution is 2.29. The molecular weight excluding hydrogens is 365 g/mol. The molecule has 5 nitrogen and oxygen atoms in total. The highest BCUT2D eigenvalue weighted by atomic mass is 32.2. The van der Waals surface area contributed by atoms with E-state index < -0.39 is 17.6 Å². The molecule has 1 aliphatic heterocycles. The van der Waals surface area contributed by atoms with Gasteiger partial charge in [0.25, 0.3) is 5.91 Å². The normalized spacial score (nSPS) is 17.8. The average molecular weight is 388 g/mol. The lowest BCUT2D eigenvalue weighted by atomic mass is 10.1. The van der Waals surface area contributed by atoms with Crippen LogP contribution in [0.3, 0.4) is 0 Å². The Bertz CT molecular complexity index is 613. The first kappa shape index (κ1) is 20.4. The van der Waals surface area contributed by atoms with Gasteiger partial charge in [0.2, 0.25) is 0 Å². The molecule has 1 atom stereocenters. The second-order valence-corrected chi connectivity index (χ2v) is 7.25. The van der Waals surface area contributed by atoms with Crippen molar-refractivity contribution in [2.24, 2.45) is 4.99 Å². The van der Waals surface area contributed by atoms with E-state index in [1.807, 2.05) is 11.8 Å². The minimum atomic E-state index is -4.40. The molecule has 3 N–H and O–H groups in total. The van der Waals surface area contributed by atoms with Crippen LogP contribution >= 0.6 is 11.8 Å². The molecule has 0 aromatic heterocycles. The van der Waals surface area contributed by atoms with E-state index in [1.54, 1.807) is 7.05 Å². The van der Waals surface area contributed by atoms with Gasteiger partial charge in [-0.3, -0.25) is 9.79 Å². The molecule has 2 rings (SSSR count). The lowest BCUT2D eigenvalue weighted by molar-refractivity contribution is -0.137. The molecule has 0 radical (unpaired) electrons. The molecule has 26 heavy (non-hydrogen) atoms. The van der Waals surface area contributed by atoms with Crippen LogP contribution < -0.4 is 16.0 Å². The van der Waals surface area contributed by atoms with E-state index in [-0.39, 0.29) is 5.56 Å². The van der Waals surface area contributed by atoms with E-state index in [4.69, 9.17) is 0 Å². The summed E-state index contributed by atoms with van der Waals surface area (Å²) in [4.78, 5) is 16.1. The van der Waals surface area contributed by atoms with Crippen LogP contribution in [0.2, 0.25) is 0 Å². The van der Waals surface area contributed by atoms with Crippen LogP contribution in [0.15, 0.2) is 29.3 Å². The van der Waals surface area contributed by atoms with Gasteiger partial charge in [-0.05, 0) is 42.9 Å². The van der Waals surface area contributed by atoms with Crippen LogP contribution in [-0.4, -0.2) is 49.6 Å². The lowest BCUT2D eigenvalue weighted by Gasteiger charge is -2.15. The van der Waals surface area contributed by atoms with Gasteiger partial charge in [-0.15, -0.1) is 0 Å². The Kier molecular flexibility index (Phi) is 7.62. The number of nitrogens with zero attached hydrogens (tertiary/aromatic N) is 1. The lowest BCUT2D eigenvalue weighted by Crippen LogP contribution is -2.43. The summed E-state index contributed by atoms with van der Waals surface area (Å²) in [5, 5.41) is 9.61. The first-order chi connectivity index (χ1) is 12.4. The zero-order valence-electron chi connectivity index (χ0n) is 14.5. The molecule has 0 spiro atoms. The Balaban J connectivity index is 1.68. The highest BCUT2D eigenvalue weighted by molar-refractivity contribution is 8.00. The van der Waals surface area contributed by atoms with Crippen molar-refractivity contribution in [3.05, 3.63) is 35.4 Å². The first-order valence-corrected chi connectivity index (χ1v) is 9.46. The maximum atomic E-state index is 12.5. The van der Waals surface area contributed by atoms with Gasteiger partial charge in [0, 0.05) is 37.5 Å². The number of alkyl halides is 3. The van der Waals surface area contributed by atoms with Gasteiger partial charge in [0.15, 0.2) is 5.96 Å². The molecule has 9 heteroatoms. The van der Waals surface area contributed by atoms with Crippen molar-refractivity contribution in [3.63, 3.8) is 0 Å². The van der Waals surface area contributed by atoms with Crippen molar-refractivity contribution in [1.82, 2.24) is 16.0 Å². The largest absolute Gasteiger partial charge is 0.416 e. The van der Waals surface area contributed by atoms with Gasteiger partial charge >= 0.3 is 6.18 Å². The van der Waals surface area contributed by atoms with Crippen LogP contribution in [0.5, 0.6) is 0 Å². The van der Waals surface area contributed by atoms with Crippen molar-refractivity contribution < 1.29 is 18.0 Å². The molecule has 1 aliphatic rings. The van der Waals surface area contributed by atoms with Crippen LogP contribution in [0.25, 0.3) is 0 Å². The van der Waals surface area contributed by atoms with Gasteiger partial charge in [0.1, 0.15) is 0 Å². The number of rotatable bonds is 6. The number of aliphatic imine (C=N–C) groups is 1. The standard InChI is InChI=1S/C17H23F3N4OS/c1-21-16(24-11-14-3-2-10-26-14)23-9-8-22-15(25)12-4-6-13(7-5-12)17(18,19)20/h4-7,14H,2-3,8-11H2,1H3,(H,22,25)(H2,21,23,24). The SMILES string of the molecule is CN=C(NCCNC(=O)c1ccc(C(F)(F)F)cc1)NCC1CCCS1. The fourth-order valence-corrected chi connectivity index (χ4v) is 3.71. The van der Waals surface area contributed by atoms with E-state index in [2.05, 4.69) is 20.9 Å². The number of hydrogen-bond donors (Lipinski definition) is 3. The third kappa shape index (κ3) is 6.44. The fraction of sp³-hybridized carbons (Fsp3) is 0.529. The van der Waals surface area contributed by atoms with Crippen molar-refractivity contribution in [1.29, 1.82) is 0 Å². The summed E-state index contributed by atoms with van der Waals surface area (Å²) in [5.41, 5.74) is -0.579. The molecule has 0 saturated carbocycles. The van der Waals surface area contributed by atoms with Crippen LogP contribution in [0.4, 0.5) is 13.2 Å². The summed E-state index contributed by atoms with van der Waals surface area (Å²) in [6.07, 6.45) is -1.95. The summed E-state index contributed by atoms with van der Waals surface area (Å²) in [7, 11) is 1.68. The van der Waals surface area contributed by atoms with Crippen molar-refractivity contribution >= 4 is 23.6 Å². The molecule has 1 unspecified atom stereocenters. The molecule has 144 valence electrons. The van der Waals surface area contributed by atoms with E-state index >= 15 is 0 Å². The third-order valence-corrected chi connectivity index (χ3v) is 5.32. The van der Waals surface area contributed by atoms with Gasteiger partial charge in [-0.2, -0.15) is 24.9 Å². The van der Waals surface area contributed by atoms with Gasteiger partial charge in [-0.1, -0.05) is 0 Å². The number of nitrogens with one attached hydrogen (secondary N) is 3. The van der Waals surface area contributed by atoms with E-state index in [1.165, 1.54) is 30.7 Å². The minimum Gasteiger partial charge on any atom is -0.355 e. The number of halogens is 3. The highest BCUT2D eigenvalue weighted by Gasteiger charge is 2.30. The maximum Gasteiger partial charge on any atom is 0.416 e. The summed E-state index contributed by atoms with van der Waals surface area (Å²) in [6, 6.07) is 4.15. The second-order valence-electron chi connectivity index (χ2n) is 5.85. The molecule has 1 amide bonds. The first-order valence-electron chi connectivity index (χ1n) is 8.41. The number of guanidine groups is 1. The van der Waals surface area contributed by atoms with Crippen LogP contribution in [0, 0.1) is 0 Å². The number of benzene rings is 1. The molecule has 1 heterocycles. The zero-order chi connectivity index (χ0) is 19.0. The summed E-state index contributed by atoms with van der Waals surface area (Å²) in [6.45, 7) is 1.64. The van der Waals surface area contributed by atoms with E-state index in [0.717, 1.165) is 18.7 Å². The van der Waals surface area contributed by atoms with Gasteiger partial charge in [0.05, 0.1) is 5.56 Å². The predicted molar refractivity (Wildman–Crippen MR) is 98.6 cm³/mol. The van der Waals surface area contributed by atoms with Crippen molar-refractivity contribution in [2.75, 3.05) is 32.4 Å². The number of carbonyl (C=O) groups excluding carboxylic acids is 1. The van der Waals surface area contributed by atoms with Crippen LogP contribution in [0.1, 0.15) is 28.8 Å². The summed E-state index contributed by atoms with van der Waals surface area (Å²) in [5.74, 6) is 1.46. The summed E-state index contributed by atoms with van der Waals surface area (Å²) >= 11 is 1.95.